The van der Waals surface area contributed by atoms with E-state index in [0.29, 0.717) is 0 Å². The van der Waals surface area contributed by atoms with Crippen LogP contribution in [0, 0.1) is 5.82 Å². The number of hydrogen-bond acceptors (Lipinski definition) is 6. The van der Waals surface area contributed by atoms with Crippen LogP contribution in [0.2, 0.25) is 0 Å². The number of halogens is 1. The summed E-state index contributed by atoms with van der Waals surface area (Å²) in [5.41, 5.74) is 10.7. The highest BCUT2D eigenvalue weighted by Crippen LogP contribution is 2.24. The Bertz CT molecular complexity index is 678. The fraction of sp³-hybridized carbons (Fsp3) is 0.214. The van der Waals surface area contributed by atoms with Crippen molar-refractivity contribution in [1.29, 1.82) is 0 Å². The van der Waals surface area contributed by atoms with E-state index in [1.165, 1.54) is 24.5 Å². The largest absolute Gasteiger partial charge is 0.473 e. The zero-order chi connectivity index (χ0) is 16.1. The molecule has 8 heteroatoms. The Morgan fingerprint density at radius 1 is 1.32 bits per heavy atom. The van der Waals surface area contributed by atoms with Gasteiger partial charge in [-0.3, -0.25) is 15.6 Å². The molecular weight excluding hydrogens is 289 g/mol. The topological polar surface area (TPSA) is 102 Å². The Morgan fingerprint density at radius 2 is 2.05 bits per heavy atom. The van der Waals surface area contributed by atoms with E-state index in [2.05, 4.69) is 20.8 Å². The van der Waals surface area contributed by atoms with Crippen molar-refractivity contribution >= 4 is 17.4 Å². The van der Waals surface area contributed by atoms with Crippen LogP contribution in [0.4, 0.5) is 15.9 Å². The maximum Gasteiger partial charge on any atom is 0.272 e. The minimum absolute atomic E-state index is 0.0960. The molecule has 7 nitrogen and oxygen atoms in total. The van der Waals surface area contributed by atoms with Crippen molar-refractivity contribution in [3.8, 4) is 5.88 Å². The molecule has 0 spiro atoms. The van der Waals surface area contributed by atoms with E-state index >= 15 is 0 Å². The normalized spacial score (nSPS) is 10.4. The van der Waals surface area contributed by atoms with Gasteiger partial charge in [0, 0.05) is 0 Å². The fourth-order valence-corrected chi connectivity index (χ4v) is 1.62. The molecule has 0 radical (unpaired) electrons. The maximum absolute atomic E-state index is 13.5. The van der Waals surface area contributed by atoms with Gasteiger partial charge in [0.2, 0.25) is 5.88 Å². The van der Waals surface area contributed by atoms with Crippen LogP contribution >= 0.6 is 0 Å². The van der Waals surface area contributed by atoms with Gasteiger partial charge >= 0.3 is 0 Å². The summed E-state index contributed by atoms with van der Waals surface area (Å²) < 4.78 is 18.9. The van der Waals surface area contributed by atoms with Crippen LogP contribution < -0.4 is 21.3 Å². The molecule has 22 heavy (non-hydrogen) atoms. The Hall–Kier alpha value is -2.90. The molecule has 0 atom stereocenters. The number of hydrogen-bond donors (Lipinski definition) is 3. The first-order valence-electron chi connectivity index (χ1n) is 6.57. The molecule has 0 aliphatic rings. The third-order valence-corrected chi connectivity index (χ3v) is 2.61. The number of carbonyl (C=O) groups is 1. The highest BCUT2D eigenvalue weighted by Gasteiger charge is 2.13. The number of benzene rings is 1. The van der Waals surface area contributed by atoms with Crippen molar-refractivity contribution in [2.24, 2.45) is 0 Å². The molecule has 1 aromatic carbocycles. The summed E-state index contributed by atoms with van der Waals surface area (Å²) in [5, 5.41) is 0. The number of nitrogens with zero attached hydrogens (tertiary/aromatic N) is 2. The fourth-order valence-electron chi connectivity index (χ4n) is 1.62. The number of rotatable bonds is 5. The number of hydrazine groups is 1. The number of carbonyl (C=O) groups excluding carboxylic acids is 1. The molecule has 0 bridgehead atoms. The monoisotopic (exact) mass is 305 g/mol. The number of nitrogens with two attached hydrogens (primary N) is 1. The highest BCUT2D eigenvalue weighted by atomic mass is 19.1. The van der Waals surface area contributed by atoms with Crippen molar-refractivity contribution in [2.45, 2.75) is 20.0 Å². The number of nitrogen functional groups attached to an aromatic ring is 1. The summed E-state index contributed by atoms with van der Waals surface area (Å²) in [6, 6.07) is 5.62. The van der Waals surface area contributed by atoms with E-state index < -0.39 is 11.7 Å². The zero-order valence-corrected chi connectivity index (χ0v) is 12.1. The van der Waals surface area contributed by atoms with Gasteiger partial charge in [0.05, 0.1) is 11.7 Å². The predicted molar refractivity (Wildman–Crippen MR) is 79.7 cm³/mol. The van der Waals surface area contributed by atoms with Crippen LogP contribution in [0.25, 0.3) is 0 Å². The molecule has 116 valence electrons. The van der Waals surface area contributed by atoms with E-state index in [4.69, 9.17) is 10.5 Å². The SMILES string of the molecule is CC(C)Oc1ncnc(NNC(=O)c2ccccc2F)c1N. The van der Waals surface area contributed by atoms with Crippen LogP contribution in [-0.4, -0.2) is 22.0 Å². The summed E-state index contributed by atoms with van der Waals surface area (Å²) in [7, 11) is 0. The molecule has 2 aromatic rings. The van der Waals surface area contributed by atoms with E-state index in [-0.39, 0.29) is 29.1 Å². The van der Waals surface area contributed by atoms with Crippen LogP contribution in [0.15, 0.2) is 30.6 Å². The Morgan fingerprint density at radius 3 is 2.73 bits per heavy atom. The average Bonchev–Trinajstić information content (AvgIpc) is 2.48. The molecule has 0 fully saturated rings. The third kappa shape index (κ3) is 3.60. The molecule has 0 saturated heterocycles. The molecule has 2 rings (SSSR count). The first-order chi connectivity index (χ1) is 10.5. The van der Waals surface area contributed by atoms with Gasteiger partial charge in [0.1, 0.15) is 17.8 Å². The van der Waals surface area contributed by atoms with Crippen LogP contribution in [0.5, 0.6) is 5.88 Å². The molecule has 0 saturated carbocycles. The molecule has 1 amide bonds. The summed E-state index contributed by atoms with van der Waals surface area (Å²) in [6.45, 7) is 3.66. The van der Waals surface area contributed by atoms with Gasteiger partial charge in [-0.1, -0.05) is 12.1 Å². The van der Waals surface area contributed by atoms with Gasteiger partial charge in [-0.2, -0.15) is 4.98 Å². The quantitative estimate of drug-likeness (QED) is 0.727. The third-order valence-electron chi connectivity index (χ3n) is 2.61. The van der Waals surface area contributed by atoms with E-state index in [0.717, 1.165) is 0 Å². The first-order valence-corrected chi connectivity index (χ1v) is 6.57. The van der Waals surface area contributed by atoms with Crippen molar-refractivity contribution in [3.63, 3.8) is 0 Å². The molecule has 1 heterocycles. The van der Waals surface area contributed by atoms with Gasteiger partial charge in [0.15, 0.2) is 5.82 Å². The van der Waals surface area contributed by atoms with E-state index in [9.17, 15) is 9.18 Å². The van der Waals surface area contributed by atoms with Gasteiger partial charge in [-0.05, 0) is 26.0 Å². The summed E-state index contributed by atoms with van der Waals surface area (Å²) in [4.78, 5) is 19.7. The van der Waals surface area contributed by atoms with Crippen LogP contribution in [0.1, 0.15) is 24.2 Å². The lowest BCUT2D eigenvalue weighted by Crippen LogP contribution is -2.31. The Labute approximate surface area is 126 Å². The van der Waals surface area contributed by atoms with Gasteiger partial charge in [-0.15, -0.1) is 0 Å². The predicted octanol–water partition coefficient (Wildman–Crippen LogP) is 1.74. The number of ether oxygens (including phenoxy) is 1. The average molecular weight is 305 g/mol. The molecule has 0 aliphatic heterocycles. The Kier molecular flexibility index (Phi) is 4.72. The molecule has 0 aliphatic carbocycles. The second kappa shape index (κ2) is 6.70. The smallest absolute Gasteiger partial charge is 0.272 e. The van der Waals surface area contributed by atoms with Crippen molar-refractivity contribution in [2.75, 3.05) is 11.2 Å². The van der Waals surface area contributed by atoms with Gasteiger partial charge < -0.3 is 10.5 Å². The van der Waals surface area contributed by atoms with Crippen molar-refractivity contribution in [3.05, 3.63) is 42.0 Å². The Balaban J connectivity index is 2.09. The highest BCUT2D eigenvalue weighted by molar-refractivity contribution is 5.95. The lowest BCUT2D eigenvalue weighted by Gasteiger charge is -2.14. The van der Waals surface area contributed by atoms with E-state index in [1.807, 2.05) is 13.8 Å². The van der Waals surface area contributed by atoms with Gasteiger partial charge in [0.25, 0.3) is 5.91 Å². The van der Waals surface area contributed by atoms with Crippen LogP contribution in [0.3, 0.4) is 0 Å². The van der Waals surface area contributed by atoms with Crippen molar-refractivity contribution in [1.82, 2.24) is 15.4 Å². The summed E-state index contributed by atoms with van der Waals surface area (Å²) in [6.07, 6.45) is 1.13. The van der Waals surface area contributed by atoms with Gasteiger partial charge in [-0.25, -0.2) is 9.37 Å². The number of amides is 1. The van der Waals surface area contributed by atoms with E-state index in [1.54, 1.807) is 6.07 Å². The van der Waals surface area contributed by atoms with Crippen LogP contribution in [-0.2, 0) is 0 Å². The summed E-state index contributed by atoms with van der Waals surface area (Å²) >= 11 is 0. The number of anilines is 2. The van der Waals surface area contributed by atoms with Crippen molar-refractivity contribution < 1.29 is 13.9 Å². The second-order valence-electron chi connectivity index (χ2n) is 4.67. The zero-order valence-electron chi connectivity index (χ0n) is 12.1. The first kappa shape index (κ1) is 15.5. The minimum Gasteiger partial charge on any atom is -0.473 e. The lowest BCUT2D eigenvalue weighted by atomic mass is 10.2. The minimum atomic E-state index is -0.651. The molecule has 1 aromatic heterocycles. The standard InChI is InChI=1S/C14H16FN5O2/c1-8(2)22-14-11(16)12(17-7-18-14)19-20-13(21)9-5-3-4-6-10(9)15/h3-8H,16H2,1-2H3,(H,20,21)(H,17,18,19). The maximum atomic E-state index is 13.5. The summed E-state index contributed by atoms with van der Waals surface area (Å²) in [5.74, 6) is -0.910. The number of aromatic nitrogens is 2. The molecule has 4 N–H and O–H groups in total. The second-order valence-corrected chi connectivity index (χ2v) is 4.67. The number of nitrogens with one attached hydrogen (secondary N) is 2. The molecular formula is C14H16FN5O2. The molecule has 0 unspecified atom stereocenters. The lowest BCUT2D eigenvalue weighted by molar-refractivity contribution is 0.0958.